The van der Waals surface area contributed by atoms with Crippen LogP contribution in [0.2, 0.25) is 0 Å². The minimum Gasteiger partial charge on any atom is -0.486 e. The Balaban J connectivity index is 1.53. The van der Waals surface area contributed by atoms with E-state index in [1.807, 2.05) is 37.0 Å². The van der Waals surface area contributed by atoms with Crippen molar-refractivity contribution in [3.8, 4) is 5.75 Å². The highest BCUT2D eigenvalue weighted by Gasteiger charge is 2.35. The number of halogens is 1. The number of carbonyl (C=O) groups excluding carboxylic acids is 1. The number of rotatable bonds is 8. The number of thioether (sulfide) groups is 1. The second kappa shape index (κ2) is 11.0. The molecule has 0 spiro atoms. The monoisotopic (exact) mass is 488 g/mol. The number of amides is 1. The van der Waals surface area contributed by atoms with Crippen LogP contribution in [0.5, 0.6) is 5.75 Å². The average molecular weight is 489 g/mol. The number of carbonyl (C=O) groups is 1. The summed E-state index contributed by atoms with van der Waals surface area (Å²) in [6.45, 7) is 1.90. The molecule has 1 unspecified atom stereocenters. The van der Waals surface area contributed by atoms with E-state index in [9.17, 15) is 9.18 Å². The van der Waals surface area contributed by atoms with Crippen LogP contribution >= 0.6 is 11.8 Å². The summed E-state index contributed by atoms with van der Waals surface area (Å²) < 4.78 is 25.5. The van der Waals surface area contributed by atoms with Gasteiger partial charge in [0.05, 0.1) is 18.6 Å². The first-order valence-corrected chi connectivity index (χ1v) is 12.0. The summed E-state index contributed by atoms with van der Waals surface area (Å²) in [6, 6.07) is 4.32. The van der Waals surface area contributed by atoms with Crippen LogP contribution in [0.3, 0.4) is 0 Å². The quantitative estimate of drug-likeness (QED) is 0.581. The number of ether oxygens (including phenoxy) is 2. The minimum absolute atomic E-state index is 0.140. The van der Waals surface area contributed by atoms with Crippen LogP contribution in [0.25, 0.3) is 0 Å². The lowest BCUT2D eigenvalue weighted by molar-refractivity contribution is -0.113. The molecular weight excluding hydrogens is 459 g/mol. The number of fused-ring (bicyclic) bond motifs is 1. The topological polar surface area (TPSA) is 90.8 Å². The minimum atomic E-state index is -0.393. The molecule has 0 saturated carbocycles. The first-order valence-electron chi connectivity index (χ1n) is 11.1. The zero-order chi connectivity index (χ0) is 24.1. The maximum absolute atomic E-state index is 14.0. The smallest absolute Gasteiger partial charge is 0.280 e. The lowest BCUT2D eigenvalue weighted by atomic mass is 10.1. The van der Waals surface area contributed by atoms with Crippen LogP contribution in [0.4, 0.5) is 10.1 Å². The molecule has 4 rings (SSSR count). The summed E-state index contributed by atoms with van der Waals surface area (Å²) in [5.41, 5.74) is 1.19. The van der Waals surface area contributed by atoms with Crippen LogP contribution in [-0.2, 0) is 9.53 Å². The number of likely N-dealkylation sites (N-methyl/N-ethyl adjacent to an activating group) is 2. The van der Waals surface area contributed by atoms with Gasteiger partial charge in [-0.05, 0) is 39.1 Å². The Morgan fingerprint density at radius 3 is 3.06 bits per heavy atom. The van der Waals surface area contributed by atoms with Crippen molar-refractivity contribution in [2.75, 3.05) is 46.2 Å². The largest absolute Gasteiger partial charge is 0.486 e. The number of hydrogen-bond donors (Lipinski definition) is 2. The number of benzene rings is 1. The average Bonchev–Trinajstić information content (AvgIpc) is 3.27. The van der Waals surface area contributed by atoms with Gasteiger partial charge >= 0.3 is 0 Å². The van der Waals surface area contributed by atoms with Crippen LogP contribution in [0, 0.1) is 5.82 Å². The van der Waals surface area contributed by atoms with Crippen LogP contribution in [0.15, 0.2) is 52.0 Å². The van der Waals surface area contributed by atoms with Gasteiger partial charge in [0.15, 0.2) is 10.9 Å². The molecule has 0 aromatic heterocycles. The van der Waals surface area contributed by atoms with Gasteiger partial charge in [0.1, 0.15) is 28.7 Å². The van der Waals surface area contributed by atoms with Crippen molar-refractivity contribution < 1.29 is 18.7 Å². The Bertz CT molecular complexity index is 1040. The van der Waals surface area contributed by atoms with Crippen molar-refractivity contribution in [2.45, 2.75) is 24.3 Å². The van der Waals surface area contributed by atoms with Gasteiger partial charge < -0.3 is 29.9 Å². The highest BCUT2D eigenvalue weighted by molar-refractivity contribution is 8.16. The van der Waals surface area contributed by atoms with Gasteiger partial charge in [0.2, 0.25) is 0 Å². The Kier molecular flexibility index (Phi) is 7.86. The highest BCUT2D eigenvalue weighted by atomic mass is 32.2. The van der Waals surface area contributed by atoms with E-state index in [4.69, 9.17) is 9.47 Å². The van der Waals surface area contributed by atoms with Crippen molar-refractivity contribution >= 4 is 34.7 Å². The number of anilines is 1. The summed E-state index contributed by atoms with van der Waals surface area (Å²) in [4.78, 5) is 25.5. The number of aliphatic imine (C=N–C) groups is 2. The Morgan fingerprint density at radius 1 is 1.44 bits per heavy atom. The molecule has 11 heteroatoms. The predicted molar refractivity (Wildman–Crippen MR) is 132 cm³/mol. The van der Waals surface area contributed by atoms with Crippen molar-refractivity contribution in [2.24, 2.45) is 9.98 Å². The third-order valence-corrected chi connectivity index (χ3v) is 6.55. The molecule has 1 aromatic rings. The van der Waals surface area contributed by atoms with E-state index in [0.717, 1.165) is 12.8 Å². The summed E-state index contributed by atoms with van der Waals surface area (Å²) in [5, 5.41) is 6.13. The Morgan fingerprint density at radius 2 is 2.29 bits per heavy atom. The molecule has 1 aromatic carbocycles. The van der Waals surface area contributed by atoms with E-state index in [-0.39, 0.29) is 17.4 Å². The first-order chi connectivity index (χ1) is 16.4. The number of nitrogens with one attached hydrogen (secondary N) is 2. The lowest BCUT2D eigenvalue weighted by Gasteiger charge is -2.27. The summed E-state index contributed by atoms with van der Waals surface area (Å²) in [6.07, 6.45) is 6.77. The molecule has 3 heterocycles. The van der Waals surface area contributed by atoms with Gasteiger partial charge in [-0.3, -0.25) is 4.79 Å². The van der Waals surface area contributed by atoms with E-state index in [1.165, 1.54) is 23.9 Å². The first kappa shape index (κ1) is 24.2. The maximum Gasteiger partial charge on any atom is 0.280 e. The fraction of sp³-hybridized carbons (Fsp3) is 0.435. The molecule has 3 aliphatic rings. The molecule has 34 heavy (non-hydrogen) atoms. The number of hydrogen-bond acceptors (Lipinski definition) is 9. The highest BCUT2D eigenvalue weighted by Crippen LogP contribution is 2.38. The van der Waals surface area contributed by atoms with E-state index >= 15 is 0 Å². The molecule has 1 saturated heterocycles. The molecule has 1 amide bonds. The van der Waals surface area contributed by atoms with Crippen molar-refractivity contribution in [3.63, 3.8) is 0 Å². The SMILES string of the molecule is CN(C)C/C=C/NC(=O)C1=NC2=C(Nc3ccc(F)cc3O[C@@H]3CCCOC3)N=CN(C)C2S1. The van der Waals surface area contributed by atoms with Gasteiger partial charge in [-0.15, -0.1) is 0 Å². The van der Waals surface area contributed by atoms with Crippen molar-refractivity contribution in [3.05, 3.63) is 47.8 Å². The van der Waals surface area contributed by atoms with Crippen LogP contribution < -0.4 is 15.4 Å². The van der Waals surface area contributed by atoms with Gasteiger partial charge in [-0.25, -0.2) is 14.4 Å². The molecular formula is C23H29FN6O3S. The molecule has 2 atom stereocenters. The second-order valence-electron chi connectivity index (χ2n) is 8.39. The third-order valence-electron chi connectivity index (χ3n) is 5.27. The fourth-order valence-electron chi connectivity index (χ4n) is 3.54. The maximum atomic E-state index is 14.0. The van der Waals surface area contributed by atoms with E-state index < -0.39 is 5.82 Å². The molecule has 182 valence electrons. The lowest BCUT2D eigenvalue weighted by Crippen LogP contribution is -2.33. The van der Waals surface area contributed by atoms with E-state index in [0.29, 0.717) is 47.8 Å². The zero-order valence-corrected chi connectivity index (χ0v) is 20.3. The zero-order valence-electron chi connectivity index (χ0n) is 19.5. The fourth-order valence-corrected chi connectivity index (χ4v) is 4.57. The van der Waals surface area contributed by atoms with Crippen LogP contribution in [-0.4, -0.2) is 79.5 Å². The van der Waals surface area contributed by atoms with Crippen LogP contribution in [0.1, 0.15) is 12.8 Å². The Hall–Kier alpha value is -2.89. The normalized spacial score (nSPS) is 22.3. The molecule has 0 bridgehead atoms. The summed E-state index contributed by atoms with van der Waals surface area (Å²) in [7, 11) is 5.77. The van der Waals surface area contributed by atoms with Gasteiger partial charge in [0, 0.05) is 32.5 Å². The Labute approximate surface area is 202 Å². The second-order valence-corrected chi connectivity index (χ2v) is 9.46. The predicted octanol–water partition coefficient (Wildman–Crippen LogP) is 2.60. The van der Waals surface area contributed by atoms with Gasteiger partial charge in [-0.1, -0.05) is 17.8 Å². The molecule has 0 radical (unpaired) electrons. The molecule has 1 fully saturated rings. The molecule has 0 aliphatic carbocycles. The molecule has 3 aliphatic heterocycles. The van der Waals surface area contributed by atoms with Gasteiger partial charge in [0.25, 0.3) is 5.91 Å². The molecule has 2 N–H and O–H groups in total. The molecule has 9 nitrogen and oxygen atoms in total. The van der Waals surface area contributed by atoms with E-state index in [1.54, 1.807) is 18.6 Å². The van der Waals surface area contributed by atoms with Gasteiger partial charge in [-0.2, -0.15) is 0 Å². The standard InChI is InChI=1S/C23H29FN6O3S/c1-29(2)10-5-9-25-21(31)22-28-19-20(26-14-30(3)23(19)34-22)27-17-8-7-15(24)12-18(17)33-16-6-4-11-32-13-16/h5,7-9,12,14,16,23,27H,4,6,10-11,13H2,1-3H3,(H,25,31)/b9-5+/t16-,23?/m1/s1. The number of nitrogens with zero attached hydrogens (tertiary/aromatic N) is 4. The summed E-state index contributed by atoms with van der Waals surface area (Å²) >= 11 is 1.35. The van der Waals surface area contributed by atoms with Crippen molar-refractivity contribution in [1.82, 2.24) is 15.1 Å². The van der Waals surface area contributed by atoms with Crippen molar-refractivity contribution in [1.29, 1.82) is 0 Å². The third kappa shape index (κ3) is 5.96. The summed E-state index contributed by atoms with van der Waals surface area (Å²) in [5.74, 6) is 0.193. The van der Waals surface area contributed by atoms with E-state index in [2.05, 4.69) is 20.6 Å².